The van der Waals surface area contributed by atoms with Crippen LogP contribution < -0.4 is 4.72 Å². The molecule has 0 aliphatic rings. The highest BCUT2D eigenvalue weighted by Crippen LogP contribution is 2.35. The van der Waals surface area contributed by atoms with Gasteiger partial charge >= 0.3 is 5.97 Å². The van der Waals surface area contributed by atoms with Crippen molar-refractivity contribution in [2.45, 2.75) is 18.2 Å². The number of carbonyl (C=O) groups is 1. The van der Waals surface area contributed by atoms with Gasteiger partial charge in [-0.2, -0.15) is 9.65 Å². The van der Waals surface area contributed by atoms with Crippen molar-refractivity contribution in [3.8, 4) is 16.5 Å². The summed E-state index contributed by atoms with van der Waals surface area (Å²) < 4.78 is 42.1. The van der Waals surface area contributed by atoms with Crippen molar-refractivity contribution >= 4 is 33.0 Å². The number of nitrogens with one attached hydrogen (secondary N) is 1. The number of thiophene rings is 1. The van der Waals surface area contributed by atoms with E-state index in [1.807, 2.05) is 6.07 Å². The summed E-state index contributed by atoms with van der Waals surface area (Å²) in [6, 6.07) is 13.0. The molecule has 1 aromatic heterocycles. The van der Waals surface area contributed by atoms with Crippen LogP contribution in [0.1, 0.15) is 28.4 Å². The molecule has 3 rings (SSSR count). The lowest BCUT2D eigenvalue weighted by atomic mass is 10.1. The van der Waals surface area contributed by atoms with E-state index < -0.39 is 21.1 Å². The number of aromatic carboxylic acids is 1. The van der Waals surface area contributed by atoms with Gasteiger partial charge in [-0.05, 0) is 48.4 Å². The minimum atomic E-state index is -4.17. The Morgan fingerprint density at radius 2 is 1.97 bits per heavy atom. The standard InChI is InChI=1S/C20H15FN2O4S2/c1-2-13-4-5-14(20(24)25)10-18(13)29(26,27)23-16-9-12(11-22)3-6-15(16)17-7-8-19(21)28-17/h3-10,23H,2H2,1H3,(H,24,25). The lowest BCUT2D eigenvalue weighted by Crippen LogP contribution is -2.16. The van der Waals surface area contributed by atoms with E-state index in [4.69, 9.17) is 0 Å². The third kappa shape index (κ3) is 4.29. The van der Waals surface area contributed by atoms with Crippen LogP contribution in [0.5, 0.6) is 0 Å². The fourth-order valence-electron chi connectivity index (χ4n) is 2.80. The molecule has 0 atom stereocenters. The number of benzene rings is 2. The molecule has 29 heavy (non-hydrogen) atoms. The lowest BCUT2D eigenvalue weighted by Gasteiger charge is -2.15. The fraction of sp³-hybridized carbons (Fsp3) is 0.100. The molecule has 1 heterocycles. The number of anilines is 1. The molecule has 148 valence electrons. The maximum absolute atomic E-state index is 13.5. The Morgan fingerprint density at radius 1 is 1.21 bits per heavy atom. The third-order valence-electron chi connectivity index (χ3n) is 4.22. The monoisotopic (exact) mass is 430 g/mol. The molecule has 0 saturated carbocycles. The van der Waals surface area contributed by atoms with Crippen LogP contribution in [0.4, 0.5) is 10.1 Å². The van der Waals surface area contributed by atoms with E-state index in [-0.39, 0.29) is 21.7 Å². The molecule has 0 radical (unpaired) electrons. The van der Waals surface area contributed by atoms with Gasteiger partial charge in [0.25, 0.3) is 10.0 Å². The molecule has 9 heteroatoms. The summed E-state index contributed by atoms with van der Waals surface area (Å²) in [6.07, 6.45) is 0.372. The van der Waals surface area contributed by atoms with Crippen LogP contribution >= 0.6 is 11.3 Å². The molecular weight excluding hydrogens is 415 g/mol. The van der Waals surface area contributed by atoms with E-state index in [1.54, 1.807) is 6.92 Å². The van der Waals surface area contributed by atoms with Crippen LogP contribution in [-0.4, -0.2) is 19.5 Å². The van der Waals surface area contributed by atoms with Crippen LogP contribution in [0.2, 0.25) is 0 Å². The largest absolute Gasteiger partial charge is 0.478 e. The molecule has 3 aromatic rings. The molecule has 0 fully saturated rings. The highest BCUT2D eigenvalue weighted by molar-refractivity contribution is 7.92. The first kappa shape index (κ1) is 20.5. The summed E-state index contributed by atoms with van der Waals surface area (Å²) in [7, 11) is -4.17. The van der Waals surface area contributed by atoms with Crippen molar-refractivity contribution in [1.29, 1.82) is 5.26 Å². The first-order valence-electron chi connectivity index (χ1n) is 8.44. The number of carboxylic acid groups (broad SMARTS) is 1. The van der Waals surface area contributed by atoms with E-state index in [2.05, 4.69) is 4.72 Å². The Morgan fingerprint density at radius 3 is 2.55 bits per heavy atom. The number of nitrogens with zero attached hydrogens (tertiary/aromatic N) is 1. The summed E-state index contributed by atoms with van der Waals surface area (Å²) in [5.41, 5.74) is 1.03. The maximum Gasteiger partial charge on any atom is 0.335 e. The molecule has 0 bridgehead atoms. The Labute approximate surface area is 170 Å². The number of nitriles is 1. The van der Waals surface area contributed by atoms with Crippen molar-refractivity contribution in [2.75, 3.05) is 4.72 Å². The van der Waals surface area contributed by atoms with Gasteiger partial charge in [-0.1, -0.05) is 19.1 Å². The number of hydrogen-bond acceptors (Lipinski definition) is 5. The van der Waals surface area contributed by atoms with E-state index >= 15 is 0 Å². The van der Waals surface area contributed by atoms with Gasteiger partial charge in [0.15, 0.2) is 5.13 Å². The zero-order chi connectivity index (χ0) is 21.2. The molecule has 0 unspecified atom stereocenters. The highest BCUT2D eigenvalue weighted by atomic mass is 32.2. The van der Waals surface area contributed by atoms with Gasteiger partial charge < -0.3 is 5.11 Å². The Kier molecular flexibility index (Phi) is 5.68. The van der Waals surface area contributed by atoms with Crippen LogP contribution in [0, 0.1) is 16.5 Å². The smallest absolute Gasteiger partial charge is 0.335 e. The average molecular weight is 430 g/mol. The summed E-state index contributed by atoms with van der Waals surface area (Å²) in [6.45, 7) is 1.75. The molecule has 0 saturated heterocycles. The third-order valence-corrected chi connectivity index (χ3v) is 6.57. The zero-order valence-electron chi connectivity index (χ0n) is 15.1. The number of carboxylic acids is 1. The van der Waals surface area contributed by atoms with Crippen molar-refractivity contribution in [1.82, 2.24) is 0 Å². The highest BCUT2D eigenvalue weighted by Gasteiger charge is 2.22. The van der Waals surface area contributed by atoms with E-state index in [9.17, 15) is 28.0 Å². The van der Waals surface area contributed by atoms with Gasteiger partial charge in [-0.3, -0.25) is 4.72 Å². The van der Waals surface area contributed by atoms with Crippen molar-refractivity contribution in [3.63, 3.8) is 0 Å². The fourth-order valence-corrected chi connectivity index (χ4v) is 4.98. The topological polar surface area (TPSA) is 107 Å². The number of aryl methyl sites for hydroxylation is 1. The normalized spacial score (nSPS) is 11.1. The Balaban J connectivity index is 2.13. The second kappa shape index (κ2) is 8.03. The minimum Gasteiger partial charge on any atom is -0.478 e. The average Bonchev–Trinajstić information content (AvgIpc) is 3.13. The summed E-state index contributed by atoms with van der Waals surface area (Å²) in [5, 5.41) is 17.9. The van der Waals surface area contributed by atoms with E-state index in [0.29, 0.717) is 22.4 Å². The first-order chi connectivity index (χ1) is 13.7. The molecule has 0 spiro atoms. The van der Waals surface area contributed by atoms with E-state index in [0.717, 1.165) is 17.4 Å². The second-order valence-corrected chi connectivity index (χ2v) is 8.75. The molecule has 2 aromatic carbocycles. The van der Waals surface area contributed by atoms with Crippen molar-refractivity contribution in [3.05, 3.63) is 70.4 Å². The molecule has 0 amide bonds. The lowest BCUT2D eigenvalue weighted by molar-refractivity contribution is 0.0696. The molecule has 0 aliphatic heterocycles. The van der Waals surface area contributed by atoms with Crippen LogP contribution in [0.25, 0.3) is 10.4 Å². The van der Waals surface area contributed by atoms with Gasteiger partial charge in [0.2, 0.25) is 0 Å². The summed E-state index contributed by atoms with van der Waals surface area (Å²) in [4.78, 5) is 11.6. The van der Waals surface area contributed by atoms with Gasteiger partial charge in [0, 0.05) is 10.4 Å². The van der Waals surface area contributed by atoms with Gasteiger partial charge in [0.05, 0.1) is 27.8 Å². The van der Waals surface area contributed by atoms with E-state index in [1.165, 1.54) is 42.5 Å². The zero-order valence-corrected chi connectivity index (χ0v) is 16.8. The van der Waals surface area contributed by atoms with Crippen LogP contribution in [0.3, 0.4) is 0 Å². The molecular formula is C20H15FN2O4S2. The molecule has 6 nitrogen and oxygen atoms in total. The molecule has 2 N–H and O–H groups in total. The number of halogens is 1. The number of sulfonamides is 1. The summed E-state index contributed by atoms with van der Waals surface area (Å²) >= 11 is 0.842. The molecule has 0 aliphatic carbocycles. The predicted molar refractivity (Wildman–Crippen MR) is 108 cm³/mol. The first-order valence-corrected chi connectivity index (χ1v) is 10.7. The van der Waals surface area contributed by atoms with Crippen LogP contribution in [-0.2, 0) is 16.4 Å². The van der Waals surface area contributed by atoms with Gasteiger partial charge in [-0.15, -0.1) is 11.3 Å². The van der Waals surface area contributed by atoms with Gasteiger partial charge in [-0.25, -0.2) is 13.2 Å². The second-order valence-electron chi connectivity index (χ2n) is 6.06. The van der Waals surface area contributed by atoms with Crippen molar-refractivity contribution < 1.29 is 22.7 Å². The quantitative estimate of drug-likeness (QED) is 0.599. The number of rotatable bonds is 6. The van der Waals surface area contributed by atoms with Crippen molar-refractivity contribution in [2.24, 2.45) is 0 Å². The Bertz CT molecular complexity index is 1240. The minimum absolute atomic E-state index is 0.105. The van der Waals surface area contributed by atoms with Gasteiger partial charge in [0.1, 0.15) is 0 Å². The summed E-state index contributed by atoms with van der Waals surface area (Å²) in [5.74, 6) is -1.25. The Hall–Kier alpha value is -3.22. The SMILES string of the molecule is CCc1ccc(C(=O)O)cc1S(=O)(=O)Nc1cc(C#N)ccc1-c1ccc(F)s1. The predicted octanol–water partition coefficient (Wildman–Crippen LogP) is 4.49. The number of hydrogen-bond donors (Lipinski definition) is 2. The maximum atomic E-state index is 13.5. The van der Waals surface area contributed by atoms with Crippen LogP contribution in [0.15, 0.2) is 53.4 Å².